The van der Waals surface area contributed by atoms with Crippen LogP contribution in [0.2, 0.25) is 0 Å². The number of carboxylic acids is 1. The van der Waals surface area contributed by atoms with Gasteiger partial charge < -0.3 is 15.3 Å². The van der Waals surface area contributed by atoms with Crippen LogP contribution in [0.15, 0.2) is 30.3 Å². The van der Waals surface area contributed by atoms with E-state index in [1.165, 1.54) is 24.8 Å². The van der Waals surface area contributed by atoms with Crippen molar-refractivity contribution < 1.29 is 14.7 Å². The Kier molecular flexibility index (Phi) is 7.31. The van der Waals surface area contributed by atoms with Gasteiger partial charge in [-0.1, -0.05) is 56.5 Å². The highest BCUT2D eigenvalue weighted by molar-refractivity contribution is 5.75. The average molecular weight is 388 g/mol. The second kappa shape index (κ2) is 9.92. The minimum absolute atomic E-state index is 0.00732. The van der Waals surface area contributed by atoms with Crippen LogP contribution in [-0.4, -0.2) is 59.1 Å². The van der Waals surface area contributed by atoms with E-state index in [4.69, 9.17) is 5.11 Å². The number of hydrogen-bond donors (Lipinski definition) is 2. The van der Waals surface area contributed by atoms with Gasteiger partial charge in [-0.3, -0.25) is 9.69 Å². The number of carboxylic acid groups (broad SMARTS) is 1. The van der Waals surface area contributed by atoms with E-state index in [0.717, 1.165) is 25.8 Å². The smallest absolute Gasteiger partial charge is 0.317 e. The van der Waals surface area contributed by atoms with Crippen molar-refractivity contribution in [3.05, 3.63) is 35.9 Å². The molecule has 6 heteroatoms. The molecule has 0 radical (unpaired) electrons. The summed E-state index contributed by atoms with van der Waals surface area (Å²) in [6.07, 6.45) is 6.49. The molecule has 1 aromatic carbocycles. The third-order valence-electron chi connectivity index (χ3n) is 6.31. The number of amides is 2. The quantitative estimate of drug-likeness (QED) is 0.716. The van der Waals surface area contributed by atoms with Gasteiger partial charge in [0.15, 0.2) is 0 Å². The maximum atomic E-state index is 12.9. The van der Waals surface area contributed by atoms with Crippen LogP contribution in [0.3, 0.4) is 0 Å². The Hall–Kier alpha value is -2.08. The molecule has 1 unspecified atom stereocenters. The van der Waals surface area contributed by atoms with Crippen LogP contribution < -0.4 is 5.32 Å². The van der Waals surface area contributed by atoms with Crippen LogP contribution in [0.1, 0.15) is 57.1 Å². The molecule has 1 atom stereocenters. The molecule has 1 saturated carbocycles. The van der Waals surface area contributed by atoms with E-state index in [-0.39, 0.29) is 24.7 Å². The molecule has 6 nitrogen and oxygen atoms in total. The van der Waals surface area contributed by atoms with Gasteiger partial charge in [0.25, 0.3) is 0 Å². The zero-order chi connectivity index (χ0) is 19.9. The van der Waals surface area contributed by atoms with Crippen LogP contribution in [-0.2, 0) is 4.79 Å². The highest BCUT2D eigenvalue weighted by Gasteiger charge is 2.29. The Bertz CT molecular complexity index is 640. The Morgan fingerprint density at radius 1 is 1.18 bits per heavy atom. The van der Waals surface area contributed by atoms with E-state index < -0.39 is 5.97 Å². The summed E-state index contributed by atoms with van der Waals surface area (Å²) in [6, 6.07) is 10.6. The lowest BCUT2D eigenvalue weighted by Gasteiger charge is -2.38. The maximum absolute atomic E-state index is 12.9. The summed E-state index contributed by atoms with van der Waals surface area (Å²) in [5.74, 6) is -0.0749. The van der Waals surface area contributed by atoms with E-state index in [1.807, 2.05) is 34.9 Å². The van der Waals surface area contributed by atoms with Crippen molar-refractivity contribution >= 4 is 12.0 Å². The fourth-order valence-electron chi connectivity index (χ4n) is 4.37. The lowest BCUT2D eigenvalue weighted by molar-refractivity contribution is -0.139. The molecule has 28 heavy (non-hydrogen) atoms. The number of likely N-dealkylation sites (N-methyl/N-ethyl adjacent to an activating group) is 1. The molecule has 3 rings (SSSR count). The lowest BCUT2D eigenvalue weighted by atomic mass is 9.79. The summed E-state index contributed by atoms with van der Waals surface area (Å²) < 4.78 is 0. The monoisotopic (exact) mass is 387 g/mol. The summed E-state index contributed by atoms with van der Waals surface area (Å²) in [7, 11) is 0. The highest BCUT2D eigenvalue weighted by Crippen LogP contribution is 2.35. The van der Waals surface area contributed by atoms with Crippen LogP contribution in [0.4, 0.5) is 4.79 Å². The van der Waals surface area contributed by atoms with E-state index >= 15 is 0 Å². The predicted octanol–water partition coefficient (Wildman–Crippen LogP) is 3.50. The summed E-state index contributed by atoms with van der Waals surface area (Å²) in [6.45, 7) is 4.15. The van der Waals surface area contributed by atoms with Crippen molar-refractivity contribution in [2.24, 2.45) is 5.92 Å². The van der Waals surface area contributed by atoms with Crippen molar-refractivity contribution in [3.8, 4) is 0 Å². The van der Waals surface area contributed by atoms with Crippen molar-refractivity contribution in [1.82, 2.24) is 15.1 Å². The molecule has 1 heterocycles. The zero-order valence-electron chi connectivity index (χ0n) is 16.8. The molecule has 2 fully saturated rings. The normalized spacial score (nSPS) is 19.3. The first-order chi connectivity index (χ1) is 13.6. The fraction of sp³-hybridized carbons (Fsp3) is 0.636. The molecule has 0 bridgehead atoms. The zero-order valence-corrected chi connectivity index (χ0v) is 16.8. The van der Waals surface area contributed by atoms with E-state index in [0.29, 0.717) is 19.0 Å². The standard InChI is InChI=1S/C22H33N3O3/c1-2-24(16-21(26)27)19-11-13-25(14-12-19)22(28)23-20(15-17-7-6-8-17)18-9-4-3-5-10-18/h3-5,9-10,17,19-20H,2,6-8,11-16H2,1H3,(H,23,28)(H,26,27). The second-order valence-corrected chi connectivity index (χ2v) is 8.12. The lowest BCUT2D eigenvalue weighted by Crippen LogP contribution is -2.51. The van der Waals surface area contributed by atoms with Gasteiger partial charge in [0.05, 0.1) is 12.6 Å². The Morgan fingerprint density at radius 3 is 2.39 bits per heavy atom. The first-order valence-electron chi connectivity index (χ1n) is 10.6. The number of nitrogens with zero attached hydrogens (tertiary/aromatic N) is 2. The van der Waals surface area contributed by atoms with Crippen molar-refractivity contribution in [2.75, 3.05) is 26.2 Å². The molecule has 1 aromatic rings. The van der Waals surface area contributed by atoms with Crippen LogP contribution in [0.25, 0.3) is 0 Å². The topological polar surface area (TPSA) is 72.9 Å². The van der Waals surface area contributed by atoms with Crippen LogP contribution >= 0.6 is 0 Å². The van der Waals surface area contributed by atoms with Gasteiger partial charge in [-0.25, -0.2) is 4.79 Å². The van der Waals surface area contributed by atoms with Gasteiger partial charge in [0.2, 0.25) is 0 Å². The van der Waals surface area contributed by atoms with Crippen LogP contribution in [0.5, 0.6) is 0 Å². The minimum Gasteiger partial charge on any atom is -0.480 e. The van der Waals surface area contributed by atoms with Gasteiger partial charge in [0.1, 0.15) is 0 Å². The number of carbonyl (C=O) groups excluding carboxylic acids is 1. The van der Waals surface area contributed by atoms with Gasteiger partial charge >= 0.3 is 12.0 Å². The molecule has 2 aliphatic rings. The maximum Gasteiger partial charge on any atom is 0.317 e. The number of benzene rings is 1. The Morgan fingerprint density at radius 2 is 1.86 bits per heavy atom. The van der Waals surface area contributed by atoms with Crippen molar-refractivity contribution in [2.45, 2.75) is 57.5 Å². The summed E-state index contributed by atoms with van der Waals surface area (Å²) in [5.41, 5.74) is 1.18. The van der Waals surface area contributed by atoms with E-state index in [2.05, 4.69) is 17.4 Å². The highest BCUT2D eigenvalue weighted by atomic mass is 16.4. The Balaban J connectivity index is 1.55. The number of rotatable bonds is 8. The number of hydrogen-bond acceptors (Lipinski definition) is 3. The Labute approximate surface area is 167 Å². The number of carbonyl (C=O) groups is 2. The summed E-state index contributed by atoms with van der Waals surface area (Å²) in [4.78, 5) is 27.8. The molecule has 0 aromatic heterocycles. The molecule has 2 N–H and O–H groups in total. The van der Waals surface area contributed by atoms with E-state index in [1.54, 1.807) is 0 Å². The average Bonchev–Trinajstić information content (AvgIpc) is 2.68. The fourth-order valence-corrected chi connectivity index (χ4v) is 4.37. The number of piperidine rings is 1. The first kappa shape index (κ1) is 20.6. The summed E-state index contributed by atoms with van der Waals surface area (Å²) >= 11 is 0. The molecule has 0 spiro atoms. The number of aliphatic carboxylic acids is 1. The third kappa shape index (κ3) is 5.47. The van der Waals surface area contributed by atoms with E-state index in [9.17, 15) is 9.59 Å². The molecular weight excluding hydrogens is 354 g/mol. The largest absolute Gasteiger partial charge is 0.480 e. The van der Waals surface area contributed by atoms with Crippen LogP contribution in [0, 0.1) is 5.92 Å². The molecule has 1 aliphatic heterocycles. The molecule has 1 saturated heterocycles. The number of likely N-dealkylation sites (tertiary alicyclic amines) is 1. The third-order valence-corrected chi connectivity index (χ3v) is 6.31. The first-order valence-corrected chi connectivity index (χ1v) is 10.6. The summed E-state index contributed by atoms with van der Waals surface area (Å²) in [5, 5.41) is 12.3. The van der Waals surface area contributed by atoms with Gasteiger partial charge in [-0.05, 0) is 37.3 Å². The molecular formula is C22H33N3O3. The predicted molar refractivity (Wildman–Crippen MR) is 109 cm³/mol. The van der Waals surface area contributed by atoms with Gasteiger partial charge in [0, 0.05) is 19.1 Å². The SMILES string of the molecule is CCN(CC(=O)O)C1CCN(C(=O)NC(CC2CCC2)c2ccccc2)CC1. The molecule has 154 valence electrons. The van der Waals surface area contributed by atoms with Gasteiger partial charge in [-0.2, -0.15) is 0 Å². The number of urea groups is 1. The van der Waals surface area contributed by atoms with Crippen molar-refractivity contribution in [1.29, 1.82) is 0 Å². The van der Waals surface area contributed by atoms with Gasteiger partial charge in [-0.15, -0.1) is 0 Å². The number of nitrogens with one attached hydrogen (secondary N) is 1. The second-order valence-electron chi connectivity index (χ2n) is 8.12. The molecule has 2 amide bonds. The minimum atomic E-state index is -0.788. The molecule has 1 aliphatic carbocycles. The van der Waals surface area contributed by atoms with Crippen molar-refractivity contribution in [3.63, 3.8) is 0 Å².